The second kappa shape index (κ2) is 4.70. The van der Waals surface area contributed by atoms with Gasteiger partial charge in [0.1, 0.15) is 11.0 Å². The number of anilines is 1. The summed E-state index contributed by atoms with van der Waals surface area (Å²) >= 11 is 5.81. The fourth-order valence-electron chi connectivity index (χ4n) is 1.93. The van der Waals surface area contributed by atoms with Crippen LogP contribution < -0.4 is 4.90 Å². The molecule has 1 aliphatic heterocycles. The topological polar surface area (TPSA) is 53.4 Å². The highest BCUT2D eigenvalue weighted by Gasteiger charge is 2.24. The second-order valence-electron chi connectivity index (χ2n) is 3.92. The Kier molecular flexibility index (Phi) is 3.29. The fourth-order valence-corrected chi connectivity index (χ4v) is 2.09. The van der Waals surface area contributed by atoms with Gasteiger partial charge in [-0.2, -0.15) is 0 Å². The number of aliphatic carboxylic acids is 1. The third kappa shape index (κ3) is 2.44. The average molecular weight is 241 g/mol. The largest absolute Gasteiger partial charge is 0.481 e. The predicted octanol–water partition coefficient (Wildman–Crippen LogP) is 2.04. The number of carboxylic acids is 1. The number of piperidine rings is 1. The Hall–Kier alpha value is -1.29. The fraction of sp³-hybridized carbons (Fsp3) is 0.455. The Bertz CT molecular complexity index is 389. The number of hydrogen-bond acceptors (Lipinski definition) is 3. The van der Waals surface area contributed by atoms with E-state index >= 15 is 0 Å². The quantitative estimate of drug-likeness (QED) is 0.804. The molecule has 0 radical (unpaired) electrons. The monoisotopic (exact) mass is 240 g/mol. The van der Waals surface area contributed by atoms with E-state index < -0.39 is 5.97 Å². The van der Waals surface area contributed by atoms with Crippen molar-refractivity contribution in [3.63, 3.8) is 0 Å². The normalized spacial score (nSPS) is 17.4. The second-order valence-corrected chi connectivity index (χ2v) is 4.31. The molecule has 1 aromatic rings. The summed E-state index contributed by atoms with van der Waals surface area (Å²) in [6, 6.07) is 5.48. The van der Waals surface area contributed by atoms with Crippen LogP contribution in [0.2, 0.25) is 5.15 Å². The first-order chi connectivity index (χ1) is 7.66. The minimum atomic E-state index is -0.696. The van der Waals surface area contributed by atoms with Gasteiger partial charge in [-0.15, -0.1) is 0 Å². The Morgan fingerprint density at radius 3 is 2.69 bits per heavy atom. The van der Waals surface area contributed by atoms with Crippen molar-refractivity contribution < 1.29 is 9.90 Å². The van der Waals surface area contributed by atoms with Crippen molar-refractivity contribution in [3.8, 4) is 0 Å². The standard InChI is InChI=1S/C11H13ClN2O2/c12-9-2-1-3-10(13-9)14-6-4-8(5-7-14)11(15)16/h1-3,8H,4-7H2,(H,15,16). The third-order valence-electron chi connectivity index (χ3n) is 2.87. The van der Waals surface area contributed by atoms with Crippen LogP contribution in [0.4, 0.5) is 5.82 Å². The molecule has 5 heteroatoms. The zero-order chi connectivity index (χ0) is 11.5. The van der Waals surface area contributed by atoms with Gasteiger partial charge in [0, 0.05) is 13.1 Å². The molecule has 1 saturated heterocycles. The zero-order valence-corrected chi connectivity index (χ0v) is 9.52. The summed E-state index contributed by atoms with van der Waals surface area (Å²) in [5, 5.41) is 9.35. The van der Waals surface area contributed by atoms with Gasteiger partial charge in [-0.1, -0.05) is 17.7 Å². The molecular formula is C11H13ClN2O2. The minimum Gasteiger partial charge on any atom is -0.481 e. The number of aromatic nitrogens is 1. The smallest absolute Gasteiger partial charge is 0.306 e. The number of nitrogens with zero attached hydrogens (tertiary/aromatic N) is 2. The zero-order valence-electron chi connectivity index (χ0n) is 8.77. The van der Waals surface area contributed by atoms with Crippen LogP contribution in [0.1, 0.15) is 12.8 Å². The van der Waals surface area contributed by atoms with Crippen LogP contribution in [0.5, 0.6) is 0 Å². The maximum Gasteiger partial charge on any atom is 0.306 e. The summed E-state index contributed by atoms with van der Waals surface area (Å²) < 4.78 is 0. The van der Waals surface area contributed by atoms with Crippen molar-refractivity contribution in [2.24, 2.45) is 5.92 Å². The Balaban J connectivity index is 2.01. The lowest BCUT2D eigenvalue weighted by Crippen LogP contribution is -2.36. The summed E-state index contributed by atoms with van der Waals surface area (Å²) in [5.74, 6) is -0.0783. The number of halogens is 1. The minimum absolute atomic E-state index is 0.213. The summed E-state index contributed by atoms with van der Waals surface area (Å²) in [5.41, 5.74) is 0. The maximum absolute atomic E-state index is 10.8. The molecule has 1 aromatic heterocycles. The van der Waals surface area contributed by atoms with Crippen LogP contribution in [0.15, 0.2) is 18.2 Å². The van der Waals surface area contributed by atoms with Crippen molar-refractivity contribution in [2.75, 3.05) is 18.0 Å². The average Bonchev–Trinajstić information content (AvgIpc) is 2.29. The number of carboxylic acid groups (broad SMARTS) is 1. The van der Waals surface area contributed by atoms with E-state index in [9.17, 15) is 4.79 Å². The molecule has 0 aliphatic carbocycles. The van der Waals surface area contributed by atoms with Crippen molar-refractivity contribution in [1.29, 1.82) is 0 Å². The molecule has 1 aliphatic rings. The van der Waals surface area contributed by atoms with E-state index in [1.54, 1.807) is 6.07 Å². The predicted molar refractivity (Wildman–Crippen MR) is 61.8 cm³/mol. The molecule has 1 fully saturated rings. The first kappa shape index (κ1) is 11.2. The lowest BCUT2D eigenvalue weighted by atomic mass is 9.97. The van der Waals surface area contributed by atoms with Gasteiger partial charge in [-0.3, -0.25) is 4.79 Å². The lowest BCUT2D eigenvalue weighted by Gasteiger charge is -2.30. The van der Waals surface area contributed by atoms with Crippen LogP contribution in [-0.2, 0) is 4.79 Å². The van der Waals surface area contributed by atoms with Crippen LogP contribution in [0.3, 0.4) is 0 Å². The molecule has 0 amide bonds. The Morgan fingerprint density at radius 2 is 2.12 bits per heavy atom. The molecule has 2 rings (SSSR count). The SMILES string of the molecule is O=C(O)C1CCN(c2cccc(Cl)n2)CC1. The van der Waals surface area contributed by atoms with Gasteiger partial charge in [-0.05, 0) is 25.0 Å². The molecule has 0 atom stereocenters. The van der Waals surface area contributed by atoms with Crippen molar-refractivity contribution in [3.05, 3.63) is 23.4 Å². The van der Waals surface area contributed by atoms with Gasteiger partial charge in [0.05, 0.1) is 5.92 Å². The molecule has 4 nitrogen and oxygen atoms in total. The number of hydrogen-bond donors (Lipinski definition) is 1. The van der Waals surface area contributed by atoms with Gasteiger partial charge >= 0.3 is 5.97 Å². The maximum atomic E-state index is 10.8. The van der Waals surface area contributed by atoms with E-state index in [2.05, 4.69) is 9.88 Å². The summed E-state index contributed by atoms with van der Waals surface area (Å²) in [4.78, 5) is 17.1. The first-order valence-corrected chi connectivity index (χ1v) is 5.65. The molecule has 0 bridgehead atoms. The van der Waals surface area contributed by atoms with E-state index in [1.165, 1.54) is 0 Å². The Labute approximate surface area is 98.9 Å². The molecule has 0 unspecified atom stereocenters. The first-order valence-electron chi connectivity index (χ1n) is 5.27. The molecule has 0 saturated carbocycles. The van der Waals surface area contributed by atoms with E-state index in [0.29, 0.717) is 18.0 Å². The lowest BCUT2D eigenvalue weighted by molar-refractivity contribution is -0.142. The molecule has 0 spiro atoms. The molecule has 16 heavy (non-hydrogen) atoms. The van der Waals surface area contributed by atoms with E-state index in [4.69, 9.17) is 16.7 Å². The third-order valence-corrected chi connectivity index (χ3v) is 3.08. The Morgan fingerprint density at radius 1 is 1.44 bits per heavy atom. The van der Waals surface area contributed by atoms with E-state index in [0.717, 1.165) is 18.9 Å². The highest BCUT2D eigenvalue weighted by atomic mass is 35.5. The van der Waals surface area contributed by atoms with Crippen LogP contribution >= 0.6 is 11.6 Å². The number of pyridine rings is 1. The van der Waals surface area contributed by atoms with Gasteiger partial charge in [0.2, 0.25) is 0 Å². The van der Waals surface area contributed by atoms with Crippen LogP contribution in [0.25, 0.3) is 0 Å². The molecular weight excluding hydrogens is 228 g/mol. The summed E-state index contributed by atoms with van der Waals surface area (Å²) in [6.07, 6.45) is 1.34. The molecule has 2 heterocycles. The van der Waals surface area contributed by atoms with Crippen molar-refractivity contribution >= 4 is 23.4 Å². The molecule has 1 N–H and O–H groups in total. The number of carbonyl (C=O) groups is 1. The van der Waals surface area contributed by atoms with Gasteiger partial charge in [-0.25, -0.2) is 4.98 Å². The summed E-state index contributed by atoms with van der Waals surface area (Å²) in [7, 11) is 0. The van der Waals surface area contributed by atoms with Gasteiger partial charge in [0.15, 0.2) is 0 Å². The van der Waals surface area contributed by atoms with E-state index in [-0.39, 0.29) is 5.92 Å². The number of rotatable bonds is 2. The highest BCUT2D eigenvalue weighted by molar-refractivity contribution is 6.29. The summed E-state index contributed by atoms with van der Waals surface area (Å²) in [6.45, 7) is 1.45. The van der Waals surface area contributed by atoms with Gasteiger partial charge in [0.25, 0.3) is 0 Å². The molecule has 86 valence electrons. The van der Waals surface area contributed by atoms with Crippen LogP contribution in [0, 0.1) is 5.92 Å². The van der Waals surface area contributed by atoms with Crippen LogP contribution in [-0.4, -0.2) is 29.1 Å². The molecule has 0 aromatic carbocycles. The van der Waals surface area contributed by atoms with Crippen molar-refractivity contribution in [1.82, 2.24) is 4.98 Å². The van der Waals surface area contributed by atoms with Gasteiger partial charge < -0.3 is 10.0 Å². The van der Waals surface area contributed by atoms with Crippen molar-refractivity contribution in [2.45, 2.75) is 12.8 Å². The van der Waals surface area contributed by atoms with E-state index in [1.807, 2.05) is 12.1 Å². The highest BCUT2D eigenvalue weighted by Crippen LogP contribution is 2.22.